The van der Waals surface area contributed by atoms with Crippen molar-refractivity contribution in [1.29, 1.82) is 0 Å². The second-order valence-corrected chi connectivity index (χ2v) is 7.70. The number of hydrogen-bond acceptors (Lipinski definition) is 4. The summed E-state index contributed by atoms with van der Waals surface area (Å²) in [6.45, 7) is 6.58. The van der Waals surface area contributed by atoms with Crippen LogP contribution in [0.5, 0.6) is 0 Å². The first-order valence-corrected chi connectivity index (χ1v) is 10.6. The van der Waals surface area contributed by atoms with Crippen molar-refractivity contribution in [3.8, 4) is 0 Å². The number of ketones is 1. The number of hydrogen-bond donors (Lipinski definition) is 1. The van der Waals surface area contributed by atoms with E-state index in [9.17, 15) is 9.59 Å². The molecule has 0 fully saturated rings. The van der Waals surface area contributed by atoms with Crippen molar-refractivity contribution >= 4 is 11.8 Å². The molecular weight excluding hydrogens is 350 g/mol. The zero-order valence-electron chi connectivity index (χ0n) is 17.3. The lowest BCUT2D eigenvalue weighted by Gasteiger charge is -2.34. The van der Waals surface area contributed by atoms with Crippen LogP contribution in [0, 0.1) is 0 Å². The predicted molar refractivity (Wildman–Crippen MR) is 111 cm³/mol. The average molecular weight is 382 g/mol. The minimum absolute atomic E-state index is 0.141. The Bertz CT molecular complexity index is 802. The van der Waals surface area contributed by atoms with Gasteiger partial charge in [0.1, 0.15) is 0 Å². The molecule has 28 heavy (non-hydrogen) atoms. The molecule has 1 aromatic rings. The summed E-state index contributed by atoms with van der Waals surface area (Å²) in [6.07, 6.45) is 6.20. The lowest BCUT2D eigenvalue weighted by molar-refractivity contribution is -0.139. The van der Waals surface area contributed by atoms with Crippen LogP contribution in [-0.2, 0) is 20.7 Å². The minimum atomic E-state index is -0.339. The highest BCUT2D eigenvalue weighted by Crippen LogP contribution is 2.42. The Morgan fingerprint density at radius 3 is 2.57 bits per heavy atom. The summed E-state index contributed by atoms with van der Waals surface area (Å²) in [6, 6.07) is 8.28. The number of rotatable bonds is 7. The van der Waals surface area contributed by atoms with E-state index >= 15 is 0 Å². The monoisotopic (exact) mass is 381 g/mol. The van der Waals surface area contributed by atoms with E-state index in [2.05, 4.69) is 43.4 Å². The molecule has 0 spiro atoms. The van der Waals surface area contributed by atoms with Crippen molar-refractivity contribution in [1.82, 2.24) is 5.32 Å². The zero-order chi connectivity index (χ0) is 20.1. The molecule has 0 aromatic heterocycles. The van der Waals surface area contributed by atoms with Gasteiger partial charge in [0.15, 0.2) is 5.78 Å². The smallest absolute Gasteiger partial charge is 0.336 e. The van der Waals surface area contributed by atoms with Gasteiger partial charge >= 0.3 is 5.97 Å². The van der Waals surface area contributed by atoms with E-state index in [1.54, 1.807) is 0 Å². The van der Waals surface area contributed by atoms with E-state index in [1.807, 2.05) is 6.92 Å². The first kappa shape index (κ1) is 20.4. The van der Waals surface area contributed by atoms with Gasteiger partial charge in [-0.15, -0.1) is 0 Å². The molecule has 4 heteroatoms. The van der Waals surface area contributed by atoms with Crippen LogP contribution < -0.4 is 5.32 Å². The van der Waals surface area contributed by atoms with Crippen molar-refractivity contribution in [2.45, 2.75) is 71.6 Å². The van der Waals surface area contributed by atoms with E-state index < -0.39 is 0 Å². The number of carbonyl (C=O) groups is 2. The van der Waals surface area contributed by atoms with Crippen molar-refractivity contribution < 1.29 is 14.3 Å². The van der Waals surface area contributed by atoms with E-state index in [0.717, 1.165) is 61.1 Å². The van der Waals surface area contributed by atoms with Crippen LogP contribution in [0.4, 0.5) is 0 Å². The van der Waals surface area contributed by atoms with Gasteiger partial charge in [-0.2, -0.15) is 0 Å². The van der Waals surface area contributed by atoms with Gasteiger partial charge in [-0.05, 0) is 43.7 Å². The average Bonchev–Trinajstić information content (AvgIpc) is 2.70. The zero-order valence-corrected chi connectivity index (χ0v) is 17.3. The first-order chi connectivity index (χ1) is 13.6. The standard InChI is InChI=1S/C24H31NO3/c1-4-6-7-15-28-24(27)21-16(3)25-19-9-8-10-20(26)23(19)22(21)18-13-11-17(5-2)12-14-18/h11-14,22,25H,4-10,15H2,1-3H3/t22-/m0/s1. The van der Waals surface area contributed by atoms with Crippen molar-refractivity contribution in [3.05, 3.63) is 57.9 Å². The number of allylic oxidation sites excluding steroid dienone is 3. The molecule has 0 saturated carbocycles. The molecule has 0 unspecified atom stereocenters. The van der Waals surface area contributed by atoms with Gasteiger partial charge in [-0.3, -0.25) is 4.79 Å². The van der Waals surface area contributed by atoms with Crippen LogP contribution in [0.15, 0.2) is 46.8 Å². The minimum Gasteiger partial charge on any atom is -0.462 e. The van der Waals surface area contributed by atoms with Gasteiger partial charge in [0.2, 0.25) is 0 Å². The molecule has 150 valence electrons. The lowest BCUT2D eigenvalue weighted by atomic mass is 9.75. The number of aryl methyl sites for hydroxylation is 1. The normalized spacial score (nSPS) is 19.4. The number of ether oxygens (including phenoxy) is 1. The van der Waals surface area contributed by atoms with E-state index in [1.165, 1.54) is 5.56 Å². The molecule has 0 bridgehead atoms. The molecular formula is C24H31NO3. The highest BCUT2D eigenvalue weighted by molar-refractivity contribution is 6.03. The lowest BCUT2D eigenvalue weighted by Crippen LogP contribution is -2.34. The van der Waals surface area contributed by atoms with Crippen LogP contribution in [-0.4, -0.2) is 18.4 Å². The molecule has 1 aromatic carbocycles. The fraction of sp³-hybridized carbons (Fsp3) is 0.500. The number of dihydropyridines is 1. The second-order valence-electron chi connectivity index (χ2n) is 7.70. The fourth-order valence-corrected chi connectivity index (χ4v) is 4.13. The van der Waals surface area contributed by atoms with Crippen molar-refractivity contribution in [3.63, 3.8) is 0 Å². The Labute approximate surface area is 168 Å². The molecule has 3 rings (SSSR count). The summed E-state index contributed by atoms with van der Waals surface area (Å²) >= 11 is 0. The maximum absolute atomic E-state index is 13.0. The Kier molecular flexibility index (Phi) is 6.71. The van der Waals surface area contributed by atoms with Crippen molar-refractivity contribution in [2.75, 3.05) is 6.61 Å². The molecule has 0 radical (unpaired) electrons. The molecule has 1 heterocycles. The summed E-state index contributed by atoms with van der Waals surface area (Å²) in [5.74, 6) is -0.508. The maximum Gasteiger partial charge on any atom is 0.336 e. The molecule has 2 aliphatic rings. The van der Waals surface area contributed by atoms with Gasteiger partial charge < -0.3 is 10.1 Å². The van der Waals surface area contributed by atoms with Crippen LogP contribution in [0.25, 0.3) is 0 Å². The second kappa shape index (κ2) is 9.22. The topological polar surface area (TPSA) is 55.4 Å². The fourth-order valence-electron chi connectivity index (χ4n) is 4.13. The first-order valence-electron chi connectivity index (χ1n) is 10.6. The molecule has 0 saturated heterocycles. The quantitative estimate of drug-likeness (QED) is 0.536. The molecule has 1 N–H and O–H groups in total. The summed E-state index contributed by atoms with van der Waals surface area (Å²) in [5, 5.41) is 3.34. The third-order valence-electron chi connectivity index (χ3n) is 5.70. The number of benzene rings is 1. The number of nitrogens with one attached hydrogen (secondary N) is 1. The SMILES string of the molecule is CCCCCOC(=O)C1=C(C)NC2=C(C(=O)CCC2)[C@H]1c1ccc(CC)cc1. The summed E-state index contributed by atoms with van der Waals surface area (Å²) in [5.41, 5.74) is 5.34. The van der Waals surface area contributed by atoms with Gasteiger partial charge in [0, 0.05) is 29.3 Å². The molecule has 0 amide bonds. The largest absolute Gasteiger partial charge is 0.462 e. The van der Waals surface area contributed by atoms with Crippen molar-refractivity contribution in [2.24, 2.45) is 0 Å². The Morgan fingerprint density at radius 2 is 1.89 bits per heavy atom. The van der Waals surface area contributed by atoms with Crippen LogP contribution >= 0.6 is 0 Å². The van der Waals surface area contributed by atoms with Crippen LogP contribution in [0.1, 0.15) is 76.3 Å². The number of Topliss-reactive ketones (excluding diaryl/α,β-unsaturated/α-hetero) is 1. The van der Waals surface area contributed by atoms with Gasteiger partial charge in [-0.25, -0.2) is 4.79 Å². The van der Waals surface area contributed by atoms with Gasteiger partial charge in [-0.1, -0.05) is 51.0 Å². The Balaban J connectivity index is 1.97. The highest BCUT2D eigenvalue weighted by Gasteiger charge is 2.38. The molecule has 1 aliphatic carbocycles. The Morgan fingerprint density at radius 1 is 1.14 bits per heavy atom. The van der Waals surface area contributed by atoms with Crippen LogP contribution in [0.3, 0.4) is 0 Å². The number of unbranched alkanes of at least 4 members (excludes halogenated alkanes) is 2. The van der Waals surface area contributed by atoms with E-state index in [0.29, 0.717) is 18.6 Å². The van der Waals surface area contributed by atoms with Crippen LogP contribution in [0.2, 0.25) is 0 Å². The number of carbonyl (C=O) groups excluding carboxylic acids is 2. The third-order valence-corrected chi connectivity index (χ3v) is 5.70. The Hall–Kier alpha value is -2.36. The van der Waals surface area contributed by atoms with Gasteiger partial charge in [0.25, 0.3) is 0 Å². The van der Waals surface area contributed by atoms with Gasteiger partial charge in [0.05, 0.1) is 12.2 Å². The van der Waals surface area contributed by atoms with E-state index in [-0.39, 0.29) is 17.7 Å². The van der Waals surface area contributed by atoms with E-state index in [4.69, 9.17) is 4.74 Å². The number of esters is 1. The summed E-state index contributed by atoms with van der Waals surface area (Å²) in [4.78, 5) is 25.8. The molecule has 1 atom stereocenters. The summed E-state index contributed by atoms with van der Waals surface area (Å²) < 4.78 is 5.59. The summed E-state index contributed by atoms with van der Waals surface area (Å²) in [7, 11) is 0. The third kappa shape index (κ3) is 4.21. The molecule has 4 nitrogen and oxygen atoms in total. The maximum atomic E-state index is 13.0. The molecule has 1 aliphatic heterocycles. The highest BCUT2D eigenvalue weighted by atomic mass is 16.5. The predicted octanol–water partition coefficient (Wildman–Crippen LogP) is 4.95.